The lowest BCUT2D eigenvalue weighted by Gasteiger charge is -2.53. The van der Waals surface area contributed by atoms with Crippen molar-refractivity contribution < 1.29 is 65.6 Å². The first-order valence-corrected chi connectivity index (χ1v) is 45.9. The zero-order valence-electron chi connectivity index (χ0n) is 57.4. The monoisotopic (exact) mass is 1380 g/mol. The van der Waals surface area contributed by atoms with Gasteiger partial charge < -0.3 is 56.0 Å². The minimum atomic E-state index is -2.54. The maximum absolute atomic E-state index is 15.1. The summed E-state index contributed by atoms with van der Waals surface area (Å²) >= 11 is 2.49. The summed E-state index contributed by atoms with van der Waals surface area (Å²) in [7, 11) is -7.78. The highest BCUT2D eigenvalue weighted by molar-refractivity contribution is 14.1. The minimum absolute atomic E-state index is 0.00826. The summed E-state index contributed by atoms with van der Waals surface area (Å²) in [6.07, 6.45) is 5.71. The number of allylic oxidation sites excluding steroid dienone is 1. The Balaban J connectivity index is 1.40. The van der Waals surface area contributed by atoms with E-state index < -0.39 is 118 Å². The molecule has 0 aliphatic carbocycles. The molecule has 492 valence electrons. The number of hydrogen-bond acceptors (Lipinski definition) is 14. The summed E-state index contributed by atoms with van der Waals surface area (Å²) < 4.78 is 78.2. The first-order valence-electron chi connectivity index (χ1n) is 32.7. The van der Waals surface area contributed by atoms with E-state index in [1.807, 2.05) is 0 Å². The van der Waals surface area contributed by atoms with Crippen molar-refractivity contribution in [2.45, 2.75) is 350 Å². The molecule has 0 spiro atoms. The maximum Gasteiger partial charge on any atom is 0.303 e. The molecule has 8 heterocycles. The van der Waals surface area contributed by atoms with Crippen LogP contribution >= 0.6 is 22.6 Å². The van der Waals surface area contributed by atoms with Crippen LogP contribution < -0.4 is 0 Å². The highest BCUT2D eigenvalue weighted by Gasteiger charge is 2.57. The van der Waals surface area contributed by atoms with Gasteiger partial charge in [-0.05, 0) is 135 Å². The molecule has 5 saturated heterocycles. The van der Waals surface area contributed by atoms with Crippen molar-refractivity contribution in [2.24, 2.45) is 11.8 Å². The highest BCUT2D eigenvalue weighted by Crippen LogP contribution is 2.49. The van der Waals surface area contributed by atoms with E-state index in [0.29, 0.717) is 32.3 Å². The average molecular weight is 1380 g/mol. The van der Waals surface area contributed by atoms with Crippen molar-refractivity contribution in [2.75, 3.05) is 18.1 Å². The number of hydrogen-bond donors (Lipinski definition) is 1. The van der Waals surface area contributed by atoms with Gasteiger partial charge in [-0.2, -0.15) is 0 Å². The van der Waals surface area contributed by atoms with Crippen LogP contribution in [0.25, 0.3) is 0 Å². The van der Waals surface area contributed by atoms with Crippen molar-refractivity contribution in [3.63, 3.8) is 0 Å². The van der Waals surface area contributed by atoms with E-state index in [2.05, 4.69) is 184 Å². The Morgan fingerprint density at radius 3 is 1.94 bits per heavy atom. The number of ether oxygens (including phenoxy) is 7. The molecule has 0 radical (unpaired) electrons. The molecule has 19 heteroatoms. The predicted molar refractivity (Wildman–Crippen MR) is 359 cm³/mol. The number of Topliss-reactive ketones (excluding diaryl/α,β-unsaturated/α-hetero) is 1. The highest BCUT2D eigenvalue weighted by atomic mass is 127. The largest absolute Gasteiger partial charge is 0.458 e. The van der Waals surface area contributed by atoms with Crippen LogP contribution in [0.4, 0.5) is 0 Å². The fraction of sp³-hybridized carbons (Fsp3) is 0.909. The van der Waals surface area contributed by atoms with Gasteiger partial charge in [0.15, 0.2) is 33.3 Å². The molecule has 8 aliphatic heterocycles. The van der Waals surface area contributed by atoms with Crippen LogP contribution in [0, 0.1) is 11.8 Å². The van der Waals surface area contributed by atoms with E-state index in [1.165, 1.54) is 6.92 Å². The van der Waals surface area contributed by atoms with Gasteiger partial charge in [-0.3, -0.25) is 9.59 Å². The fourth-order valence-corrected chi connectivity index (χ4v) is 18.6. The summed E-state index contributed by atoms with van der Waals surface area (Å²) in [6.45, 7) is 53.8. The summed E-state index contributed by atoms with van der Waals surface area (Å²) in [5.41, 5.74) is 0.409. The molecule has 85 heavy (non-hydrogen) atoms. The lowest BCUT2D eigenvalue weighted by atomic mass is 9.81. The van der Waals surface area contributed by atoms with Crippen LogP contribution in [0.2, 0.25) is 72.5 Å². The summed E-state index contributed by atoms with van der Waals surface area (Å²) in [4.78, 5) is 28.3. The van der Waals surface area contributed by atoms with Crippen molar-refractivity contribution in [1.82, 2.24) is 0 Å². The SMILES string of the molecule is C=C1[C@H](C)CC2CC[C@@H]3O[C@@H](CCC/C=C/C(O[Si](C)(C)C(C)(C)C)[C@@H]4O[C@H]5CC[C@H](CC(=O)C[C@H]6[C@H](C[C@H]1OC(C)=O)OC(C[C@@H](CO[Si](C)(C)C(C)(C)C)O[Si](C)(C)C(C)(C)C)[C@@H]6OC)OC5[C@H](O)C4O[Si](C)(C)C(C)(C)C)CC3(CI)O2. The number of alkyl halides is 1. The van der Waals surface area contributed by atoms with Gasteiger partial charge in [0.25, 0.3) is 0 Å². The maximum atomic E-state index is 15.1. The van der Waals surface area contributed by atoms with E-state index in [0.717, 1.165) is 54.9 Å². The van der Waals surface area contributed by atoms with Crippen molar-refractivity contribution in [1.29, 1.82) is 0 Å². The van der Waals surface area contributed by atoms with Gasteiger partial charge in [-0.1, -0.05) is 131 Å². The number of carbonyl (C=O) groups is 2. The van der Waals surface area contributed by atoms with Gasteiger partial charge in [0, 0.05) is 56.5 Å². The molecule has 18 atom stereocenters. The number of aliphatic hydroxyl groups is 1. The van der Waals surface area contributed by atoms with Crippen LogP contribution in [0.15, 0.2) is 24.3 Å². The molecule has 14 nitrogen and oxygen atoms in total. The summed E-state index contributed by atoms with van der Waals surface area (Å²) in [6, 6.07) is 0. The van der Waals surface area contributed by atoms with Crippen LogP contribution in [0.1, 0.15) is 180 Å². The molecule has 6 unspecified atom stereocenters. The standard InChI is InChI=1S/C66H121IO14Si4/c1-42-34-47-31-33-56-66(41-67,78-47)39-48(74-56)28-26-25-27-29-52(80-84(21,22)64(10,11)12)60-61(81-85(23,24)65(13,14)15)57(70)59-51(77-60)32-30-46(75-59)35-45(69)36-50-54(38-53(43(42)2)73-44(3)68)76-55(58(50)71-16)37-49(79-83(19,20)63(7,8)9)40-72-82(17,18)62(4,5)6/h27,29,42,46-61,70H,2,25-26,28,30-41H2,1,3-24H3/b29-27+/t42-,46-,47?,48+,49+,50+,51+,52?,53-,54+,55?,56+,57+,58-,59?,60+,61?,66?/m1/s1. The number of fused-ring (bicyclic) bond motifs is 2. The molecule has 0 aromatic heterocycles. The normalized spacial score (nSPS) is 36.5. The lowest BCUT2D eigenvalue weighted by Crippen LogP contribution is -2.67. The van der Waals surface area contributed by atoms with E-state index in [9.17, 15) is 9.90 Å². The third-order valence-corrected chi connectivity index (χ3v) is 41.4. The zero-order valence-corrected chi connectivity index (χ0v) is 63.6. The lowest BCUT2D eigenvalue weighted by molar-refractivity contribution is -0.269. The molecule has 8 aliphatic rings. The third-order valence-electron chi connectivity index (χ3n) is 22.2. The van der Waals surface area contributed by atoms with Crippen LogP contribution in [0.5, 0.6) is 0 Å². The van der Waals surface area contributed by atoms with Gasteiger partial charge in [0.05, 0.1) is 67.6 Å². The Bertz CT molecular complexity index is 2250. The first-order chi connectivity index (χ1) is 38.9. The van der Waals surface area contributed by atoms with Crippen molar-refractivity contribution in [3.05, 3.63) is 24.3 Å². The second-order valence-electron chi connectivity index (χ2n) is 32.8. The van der Waals surface area contributed by atoms with Crippen molar-refractivity contribution >= 4 is 67.6 Å². The molecule has 8 rings (SSSR count). The molecule has 0 aromatic carbocycles. The van der Waals surface area contributed by atoms with Crippen molar-refractivity contribution in [3.8, 4) is 0 Å². The molecule has 0 aromatic rings. The van der Waals surface area contributed by atoms with Gasteiger partial charge >= 0.3 is 5.97 Å². The second kappa shape index (κ2) is 28.6. The second-order valence-corrected chi connectivity index (χ2v) is 52.7. The Morgan fingerprint density at radius 1 is 0.741 bits per heavy atom. The van der Waals surface area contributed by atoms with Gasteiger partial charge in [-0.25, -0.2) is 0 Å². The Morgan fingerprint density at radius 2 is 1.35 bits per heavy atom. The first kappa shape index (κ1) is 73.8. The number of methoxy groups -OCH3 is 1. The van der Waals surface area contributed by atoms with E-state index >= 15 is 4.79 Å². The minimum Gasteiger partial charge on any atom is -0.458 e. The molecule has 0 saturated carbocycles. The summed E-state index contributed by atoms with van der Waals surface area (Å²) in [5.74, 6) is -0.866. The van der Waals surface area contributed by atoms with E-state index in [-0.39, 0.29) is 69.1 Å². The zero-order chi connectivity index (χ0) is 63.8. The van der Waals surface area contributed by atoms with E-state index in [1.54, 1.807) is 7.11 Å². The molecule has 0 amide bonds. The number of ketones is 1. The Kier molecular flexibility index (Phi) is 24.8. The van der Waals surface area contributed by atoms with Gasteiger partial charge in [0.1, 0.15) is 41.9 Å². The molecule has 7 bridgehead atoms. The number of aliphatic hydroxyl groups excluding tert-OH is 1. The van der Waals surface area contributed by atoms with Crippen LogP contribution in [0.3, 0.4) is 0 Å². The topological polar surface area (TPSA) is 156 Å². The third kappa shape index (κ3) is 18.1. The Labute approximate surface area is 534 Å². The molecular weight excluding hydrogens is 1260 g/mol. The number of halogens is 1. The van der Waals surface area contributed by atoms with E-state index in [4.69, 9.17) is 50.9 Å². The fourth-order valence-electron chi connectivity index (χ4n) is 12.7. The molecule has 5 fully saturated rings. The number of carbonyl (C=O) groups excluding carboxylic acids is 2. The van der Waals surface area contributed by atoms with Gasteiger partial charge in [-0.15, -0.1) is 0 Å². The quantitative estimate of drug-likeness (QED) is 0.0576. The number of rotatable bonds is 14. The smallest absolute Gasteiger partial charge is 0.303 e. The number of esters is 1. The average Bonchev–Trinajstić information content (AvgIpc) is 2.14. The predicted octanol–water partition coefficient (Wildman–Crippen LogP) is 15.1. The summed E-state index contributed by atoms with van der Waals surface area (Å²) in [5, 5.41) is 12.6. The van der Waals surface area contributed by atoms with Crippen LogP contribution in [-0.2, 0) is 60.5 Å². The van der Waals surface area contributed by atoms with Crippen LogP contribution in [-0.4, -0.2) is 165 Å². The molecular formula is C66H121IO14Si4. The Hall–Kier alpha value is -0.222. The van der Waals surface area contributed by atoms with Gasteiger partial charge in [0.2, 0.25) is 0 Å². The molecule has 1 N–H and O–H groups in total.